The summed E-state index contributed by atoms with van der Waals surface area (Å²) in [6, 6.07) is 56.2. The van der Waals surface area contributed by atoms with Gasteiger partial charge in [0.2, 0.25) is 0 Å². The second-order valence-corrected chi connectivity index (χ2v) is 14.2. The predicted octanol–water partition coefficient (Wildman–Crippen LogP) is 12.7. The zero-order valence-electron chi connectivity index (χ0n) is 30.4. The average molecular weight is 689 g/mol. The summed E-state index contributed by atoms with van der Waals surface area (Å²) in [5, 5.41) is 2.58. The highest BCUT2D eigenvalue weighted by atomic mass is 16.5. The molecule has 0 aliphatic heterocycles. The van der Waals surface area contributed by atoms with E-state index in [1.807, 2.05) is 24.3 Å². The summed E-state index contributed by atoms with van der Waals surface area (Å²) < 4.78 is 13.3. The molecule has 4 nitrogen and oxygen atoms in total. The van der Waals surface area contributed by atoms with Crippen molar-refractivity contribution in [1.29, 1.82) is 0 Å². The second kappa shape index (κ2) is 12.9. The summed E-state index contributed by atoms with van der Waals surface area (Å²) in [6.07, 6.45) is 4.44. The molecular weight excluding hydrogens is 649 g/mol. The van der Waals surface area contributed by atoms with Gasteiger partial charge >= 0.3 is 0 Å². The monoisotopic (exact) mass is 688 g/mol. The van der Waals surface area contributed by atoms with Gasteiger partial charge in [-0.1, -0.05) is 105 Å². The van der Waals surface area contributed by atoms with Gasteiger partial charge in [-0.25, -0.2) is 0 Å². The van der Waals surface area contributed by atoms with Crippen molar-refractivity contribution in [2.75, 3.05) is 19.1 Å². The van der Waals surface area contributed by atoms with Gasteiger partial charge in [-0.05, 0) is 112 Å². The molecule has 1 aliphatic rings. The van der Waals surface area contributed by atoms with Crippen LogP contribution in [0.15, 0.2) is 158 Å². The Hall–Kier alpha value is -6.52. The number of anilines is 3. The summed E-state index contributed by atoms with van der Waals surface area (Å²) in [5.74, 6) is 1.65. The summed E-state index contributed by atoms with van der Waals surface area (Å²) in [5.41, 5.74) is 14.4. The van der Waals surface area contributed by atoms with E-state index in [0.29, 0.717) is 0 Å². The Morgan fingerprint density at radius 3 is 1.72 bits per heavy atom. The molecule has 1 aromatic heterocycles. The lowest BCUT2D eigenvalue weighted by molar-refractivity contribution is 0.415. The van der Waals surface area contributed by atoms with Gasteiger partial charge in [0, 0.05) is 38.9 Å². The fraction of sp³-hybridized carbons (Fsp3) is 0.102. The molecule has 0 atom stereocenters. The van der Waals surface area contributed by atoms with E-state index >= 15 is 0 Å². The minimum Gasteiger partial charge on any atom is -0.497 e. The van der Waals surface area contributed by atoms with Crippen LogP contribution in [-0.4, -0.2) is 18.8 Å². The maximum Gasteiger partial charge on any atom is 0.119 e. The molecule has 1 aliphatic carbocycles. The van der Waals surface area contributed by atoms with Crippen LogP contribution >= 0.6 is 0 Å². The highest BCUT2D eigenvalue weighted by Gasteiger charge is 2.38. The van der Waals surface area contributed by atoms with E-state index in [1.54, 1.807) is 14.2 Å². The highest BCUT2D eigenvalue weighted by Crippen LogP contribution is 2.53. The maximum atomic E-state index is 5.43. The van der Waals surface area contributed by atoms with Crippen LogP contribution < -0.4 is 14.4 Å². The number of ether oxygens (including phenoxy) is 2. The second-order valence-electron chi connectivity index (χ2n) is 14.2. The maximum absolute atomic E-state index is 5.43. The van der Waals surface area contributed by atoms with E-state index in [9.17, 15) is 0 Å². The number of hydrogen-bond donors (Lipinski definition) is 0. The fourth-order valence-corrected chi connectivity index (χ4v) is 8.15. The first-order valence-corrected chi connectivity index (χ1v) is 18.1. The number of methoxy groups -OCH3 is 2. The van der Waals surface area contributed by atoms with Crippen LogP contribution in [0, 0.1) is 0 Å². The normalized spacial score (nSPS) is 13.0. The molecule has 9 rings (SSSR count). The molecule has 0 bridgehead atoms. The number of nitrogens with zero attached hydrogens (tertiary/aromatic N) is 2. The van der Waals surface area contributed by atoms with Crippen molar-refractivity contribution in [3.8, 4) is 28.3 Å². The van der Waals surface area contributed by atoms with Crippen LogP contribution in [0.3, 0.4) is 0 Å². The van der Waals surface area contributed by atoms with Crippen LogP contribution in [0.5, 0.6) is 11.5 Å². The van der Waals surface area contributed by atoms with Gasteiger partial charge in [0.05, 0.1) is 25.3 Å². The van der Waals surface area contributed by atoms with E-state index in [4.69, 9.17) is 9.47 Å². The molecule has 7 aromatic carbocycles. The first-order valence-electron chi connectivity index (χ1n) is 18.1. The van der Waals surface area contributed by atoms with Crippen molar-refractivity contribution in [3.05, 3.63) is 180 Å². The third-order valence-electron chi connectivity index (χ3n) is 10.8. The van der Waals surface area contributed by atoms with Crippen LogP contribution in [0.2, 0.25) is 0 Å². The fourth-order valence-electron chi connectivity index (χ4n) is 8.15. The van der Waals surface area contributed by atoms with Gasteiger partial charge < -0.3 is 18.9 Å². The van der Waals surface area contributed by atoms with Crippen molar-refractivity contribution in [1.82, 2.24) is 4.57 Å². The minimum atomic E-state index is -0.192. The third kappa shape index (κ3) is 5.46. The molecule has 1 heterocycles. The smallest absolute Gasteiger partial charge is 0.119 e. The Labute approximate surface area is 310 Å². The Kier molecular flexibility index (Phi) is 7.89. The van der Waals surface area contributed by atoms with E-state index < -0.39 is 0 Å². The molecule has 0 amide bonds. The molecule has 0 unspecified atom stereocenters. The SMILES string of the molecule is COc1ccc(N(c2ccc(C=Cc3ccc4c(c3)C(C)(C)c3c-4ccc4c5ccccc5n(-c5ccccc5)c34)cc2)c2ccc(OC)cc2)cc1. The van der Waals surface area contributed by atoms with E-state index in [2.05, 4.69) is 169 Å². The van der Waals surface area contributed by atoms with Crippen molar-refractivity contribution < 1.29 is 9.47 Å². The van der Waals surface area contributed by atoms with Gasteiger partial charge in [-0.2, -0.15) is 0 Å². The first kappa shape index (κ1) is 32.4. The topological polar surface area (TPSA) is 26.6 Å². The summed E-state index contributed by atoms with van der Waals surface area (Å²) >= 11 is 0. The lowest BCUT2D eigenvalue weighted by Crippen LogP contribution is -2.16. The highest BCUT2D eigenvalue weighted by molar-refractivity contribution is 6.13. The number of hydrogen-bond acceptors (Lipinski definition) is 3. The van der Waals surface area contributed by atoms with Gasteiger partial charge in [-0.3, -0.25) is 0 Å². The molecule has 258 valence electrons. The Morgan fingerprint density at radius 2 is 1.08 bits per heavy atom. The molecule has 0 spiro atoms. The molecule has 0 fully saturated rings. The van der Waals surface area contributed by atoms with Crippen LogP contribution in [0.1, 0.15) is 36.1 Å². The summed E-state index contributed by atoms with van der Waals surface area (Å²) in [4.78, 5) is 2.24. The standard InChI is InChI=1S/C49H40N2O2/c1-49(2)45-32-34(15-14-33-16-19-36(20-17-33)50(37-21-25-39(52-3)26-22-37)38-23-27-40(53-4)28-24-38)18-29-41(45)43-30-31-44-42-12-8-9-13-46(42)51(48(44)47(43)49)35-10-6-5-7-11-35/h5-32H,1-4H3. The lowest BCUT2D eigenvalue weighted by atomic mass is 9.81. The molecule has 0 saturated carbocycles. The number of rotatable bonds is 8. The summed E-state index contributed by atoms with van der Waals surface area (Å²) in [7, 11) is 3.38. The Morgan fingerprint density at radius 1 is 0.528 bits per heavy atom. The van der Waals surface area contributed by atoms with Crippen LogP contribution in [0.25, 0.3) is 50.8 Å². The molecule has 4 heteroatoms. The average Bonchev–Trinajstić information content (AvgIpc) is 3.66. The molecule has 0 saturated heterocycles. The summed E-state index contributed by atoms with van der Waals surface area (Å²) in [6.45, 7) is 4.77. The number of aromatic nitrogens is 1. The van der Waals surface area contributed by atoms with E-state index in [1.165, 1.54) is 55.3 Å². The lowest BCUT2D eigenvalue weighted by Gasteiger charge is -2.26. The zero-order valence-corrected chi connectivity index (χ0v) is 30.4. The molecule has 53 heavy (non-hydrogen) atoms. The molecule has 0 radical (unpaired) electrons. The van der Waals surface area contributed by atoms with Crippen molar-refractivity contribution >= 4 is 51.0 Å². The number of fused-ring (bicyclic) bond motifs is 7. The third-order valence-corrected chi connectivity index (χ3v) is 10.8. The minimum absolute atomic E-state index is 0.192. The Balaban J connectivity index is 1.05. The largest absolute Gasteiger partial charge is 0.497 e. The zero-order chi connectivity index (χ0) is 36.1. The van der Waals surface area contributed by atoms with Crippen molar-refractivity contribution in [2.45, 2.75) is 19.3 Å². The van der Waals surface area contributed by atoms with Gasteiger partial charge in [0.15, 0.2) is 0 Å². The number of benzene rings is 7. The van der Waals surface area contributed by atoms with Crippen LogP contribution in [-0.2, 0) is 5.41 Å². The van der Waals surface area contributed by atoms with E-state index in [-0.39, 0.29) is 5.41 Å². The molecule has 0 N–H and O–H groups in total. The number of para-hydroxylation sites is 2. The molecular formula is C49H40N2O2. The molecule has 8 aromatic rings. The predicted molar refractivity (Wildman–Crippen MR) is 222 cm³/mol. The van der Waals surface area contributed by atoms with E-state index in [0.717, 1.165) is 34.1 Å². The van der Waals surface area contributed by atoms with Gasteiger partial charge in [0.1, 0.15) is 11.5 Å². The van der Waals surface area contributed by atoms with Crippen molar-refractivity contribution in [2.24, 2.45) is 0 Å². The van der Waals surface area contributed by atoms with Gasteiger partial charge in [0.25, 0.3) is 0 Å². The van der Waals surface area contributed by atoms with Crippen LogP contribution in [0.4, 0.5) is 17.1 Å². The quantitative estimate of drug-likeness (QED) is 0.149. The van der Waals surface area contributed by atoms with Gasteiger partial charge in [-0.15, -0.1) is 0 Å². The Bertz CT molecular complexity index is 2590. The van der Waals surface area contributed by atoms with Crippen molar-refractivity contribution in [3.63, 3.8) is 0 Å². The first-order chi connectivity index (χ1) is 25.9.